The van der Waals surface area contributed by atoms with E-state index >= 15 is 0 Å². The largest absolute Gasteiger partial charge is 0.380 e. The summed E-state index contributed by atoms with van der Waals surface area (Å²) in [6.45, 7) is 2.59. The molecule has 4 rings (SSSR count). The minimum atomic E-state index is 0.320. The van der Waals surface area contributed by atoms with Crippen molar-refractivity contribution in [2.75, 3.05) is 20.2 Å². The van der Waals surface area contributed by atoms with E-state index in [2.05, 4.69) is 34.1 Å². The molecule has 0 radical (unpaired) electrons. The summed E-state index contributed by atoms with van der Waals surface area (Å²) in [5, 5.41) is 0. The molecule has 2 bridgehead atoms. The number of piperidine rings is 2. The second-order valence-corrected chi connectivity index (χ2v) is 7.97. The number of ether oxygens (including phenoxy) is 1. The molecule has 4 nitrogen and oxygen atoms in total. The third-order valence-electron chi connectivity index (χ3n) is 6.34. The van der Waals surface area contributed by atoms with Crippen molar-refractivity contribution in [1.29, 1.82) is 0 Å². The van der Waals surface area contributed by atoms with Gasteiger partial charge in [-0.3, -0.25) is 0 Å². The summed E-state index contributed by atoms with van der Waals surface area (Å²) in [7, 11) is 1.74. The van der Waals surface area contributed by atoms with Crippen LogP contribution in [0.15, 0.2) is 24.3 Å². The highest BCUT2D eigenvalue weighted by Gasteiger charge is 2.44. The van der Waals surface area contributed by atoms with Gasteiger partial charge in [-0.05, 0) is 62.0 Å². The van der Waals surface area contributed by atoms with Gasteiger partial charge in [0.05, 0.1) is 6.61 Å². The van der Waals surface area contributed by atoms with E-state index in [4.69, 9.17) is 4.74 Å². The Morgan fingerprint density at radius 3 is 2.28 bits per heavy atom. The van der Waals surface area contributed by atoms with Crippen molar-refractivity contribution in [3.05, 3.63) is 35.4 Å². The van der Waals surface area contributed by atoms with Crippen LogP contribution in [0.5, 0.6) is 0 Å². The number of nitrogens with zero attached hydrogens (tertiary/aromatic N) is 2. The molecule has 1 aromatic rings. The van der Waals surface area contributed by atoms with Gasteiger partial charge in [0, 0.05) is 32.3 Å². The van der Waals surface area contributed by atoms with Crippen LogP contribution >= 0.6 is 0 Å². The third-order valence-corrected chi connectivity index (χ3v) is 6.34. The number of carbonyl (C=O) groups excluding carboxylic acids is 1. The van der Waals surface area contributed by atoms with E-state index < -0.39 is 0 Å². The van der Waals surface area contributed by atoms with E-state index in [1.165, 1.54) is 43.2 Å². The fourth-order valence-corrected chi connectivity index (χ4v) is 5.06. The second-order valence-electron chi connectivity index (χ2n) is 7.97. The smallest absolute Gasteiger partial charge is 0.320 e. The van der Waals surface area contributed by atoms with Gasteiger partial charge in [0.2, 0.25) is 0 Å². The molecule has 136 valence electrons. The highest BCUT2D eigenvalue weighted by atomic mass is 16.5. The quantitative estimate of drug-likeness (QED) is 0.827. The molecule has 4 heteroatoms. The molecule has 0 saturated carbocycles. The molecule has 2 unspecified atom stereocenters. The number of amides is 2. The van der Waals surface area contributed by atoms with Crippen molar-refractivity contribution in [3.63, 3.8) is 0 Å². The van der Waals surface area contributed by atoms with Crippen molar-refractivity contribution in [2.24, 2.45) is 0 Å². The number of likely N-dealkylation sites (tertiary alicyclic amines) is 1. The predicted octanol–water partition coefficient (Wildman–Crippen LogP) is 4.15. The summed E-state index contributed by atoms with van der Waals surface area (Å²) in [4.78, 5) is 17.4. The van der Waals surface area contributed by atoms with E-state index in [9.17, 15) is 4.79 Å². The first-order valence-corrected chi connectivity index (χ1v) is 9.91. The van der Waals surface area contributed by atoms with Crippen molar-refractivity contribution in [2.45, 2.75) is 69.6 Å². The minimum Gasteiger partial charge on any atom is -0.380 e. The fraction of sp³-hybridized carbons (Fsp3) is 0.667. The number of fused-ring (bicyclic) bond motifs is 2. The summed E-state index contributed by atoms with van der Waals surface area (Å²) < 4.78 is 5.21. The van der Waals surface area contributed by atoms with Crippen LogP contribution < -0.4 is 0 Å². The van der Waals surface area contributed by atoms with Crippen LogP contribution in [0.1, 0.15) is 62.0 Å². The first-order valence-electron chi connectivity index (χ1n) is 9.91. The monoisotopic (exact) mass is 342 g/mol. The standard InChI is InChI=1S/C21H30N2O2/c1-25-15-16-5-7-17(8-6-16)18-13-19-9-10-20(14-18)23(19)21(24)22-11-3-2-4-12-22/h5-8,18-20H,2-4,9-15H2,1H3. The number of carbonyl (C=O) groups is 1. The Hall–Kier alpha value is -1.55. The Morgan fingerprint density at radius 1 is 1.04 bits per heavy atom. The average molecular weight is 342 g/mol. The third kappa shape index (κ3) is 3.41. The molecule has 25 heavy (non-hydrogen) atoms. The normalized spacial score (nSPS) is 29.1. The summed E-state index contributed by atoms with van der Waals surface area (Å²) in [6, 6.07) is 10.1. The molecule has 0 aliphatic carbocycles. The van der Waals surface area contributed by atoms with E-state index in [0.29, 0.717) is 30.6 Å². The zero-order valence-electron chi connectivity index (χ0n) is 15.3. The molecule has 3 heterocycles. The van der Waals surface area contributed by atoms with Crippen LogP contribution in [0, 0.1) is 0 Å². The molecule has 2 atom stereocenters. The minimum absolute atomic E-state index is 0.320. The molecule has 3 saturated heterocycles. The Bertz CT molecular complexity index is 580. The summed E-state index contributed by atoms with van der Waals surface area (Å²) in [6.07, 6.45) is 8.24. The Labute approximate surface area is 151 Å². The highest BCUT2D eigenvalue weighted by Crippen LogP contribution is 2.43. The number of rotatable bonds is 3. The van der Waals surface area contributed by atoms with Crippen LogP contribution in [0.3, 0.4) is 0 Å². The van der Waals surface area contributed by atoms with E-state index in [0.717, 1.165) is 25.9 Å². The van der Waals surface area contributed by atoms with Gasteiger partial charge in [-0.1, -0.05) is 24.3 Å². The lowest BCUT2D eigenvalue weighted by atomic mass is 9.85. The first kappa shape index (κ1) is 16.9. The van der Waals surface area contributed by atoms with Crippen LogP contribution in [0.4, 0.5) is 4.79 Å². The van der Waals surface area contributed by atoms with Crippen LogP contribution in [-0.2, 0) is 11.3 Å². The van der Waals surface area contributed by atoms with Gasteiger partial charge in [-0.15, -0.1) is 0 Å². The van der Waals surface area contributed by atoms with Crippen molar-refractivity contribution in [1.82, 2.24) is 9.80 Å². The molecule has 3 aliphatic heterocycles. The Balaban J connectivity index is 1.43. The van der Waals surface area contributed by atoms with E-state index in [1.807, 2.05) is 0 Å². The van der Waals surface area contributed by atoms with Gasteiger partial charge in [0.1, 0.15) is 0 Å². The van der Waals surface area contributed by atoms with Crippen molar-refractivity contribution < 1.29 is 9.53 Å². The second kappa shape index (κ2) is 7.36. The number of benzene rings is 1. The molecule has 3 aliphatic rings. The number of urea groups is 1. The maximum Gasteiger partial charge on any atom is 0.320 e. The lowest BCUT2D eigenvalue weighted by Crippen LogP contribution is -2.53. The highest BCUT2D eigenvalue weighted by molar-refractivity contribution is 5.76. The van der Waals surface area contributed by atoms with E-state index in [1.54, 1.807) is 7.11 Å². The van der Waals surface area contributed by atoms with Gasteiger partial charge in [0.25, 0.3) is 0 Å². The maximum atomic E-state index is 13.0. The molecular weight excluding hydrogens is 312 g/mol. The van der Waals surface area contributed by atoms with Crippen molar-refractivity contribution >= 4 is 6.03 Å². The lowest BCUT2D eigenvalue weighted by molar-refractivity contribution is 0.0991. The first-order chi connectivity index (χ1) is 12.3. The zero-order chi connectivity index (χ0) is 17.2. The van der Waals surface area contributed by atoms with E-state index in [-0.39, 0.29) is 0 Å². The molecule has 0 N–H and O–H groups in total. The summed E-state index contributed by atoms with van der Waals surface area (Å²) in [5.41, 5.74) is 2.66. The number of hydrogen-bond acceptors (Lipinski definition) is 2. The topological polar surface area (TPSA) is 32.8 Å². The average Bonchev–Trinajstić information content (AvgIpc) is 2.92. The molecule has 2 amide bonds. The Kier molecular flexibility index (Phi) is 4.98. The fourth-order valence-electron chi connectivity index (χ4n) is 5.06. The summed E-state index contributed by atoms with van der Waals surface area (Å²) >= 11 is 0. The molecule has 1 aromatic carbocycles. The van der Waals surface area contributed by atoms with Crippen LogP contribution in [0.25, 0.3) is 0 Å². The van der Waals surface area contributed by atoms with Gasteiger partial charge < -0.3 is 14.5 Å². The summed E-state index contributed by atoms with van der Waals surface area (Å²) in [5.74, 6) is 0.597. The number of hydrogen-bond donors (Lipinski definition) is 0. The van der Waals surface area contributed by atoms with Gasteiger partial charge in [-0.2, -0.15) is 0 Å². The van der Waals surface area contributed by atoms with Gasteiger partial charge in [0.15, 0.2) is 0 Å². The Morgan fingerprint density at radius 2 is 1.68 bits per heavy atom. The maximum absolute atomic E-state index is 13.0. The van der Waals surface area contributed by atoms with Crippen LogP contribution in [-0.4, -0.2) is 48.1 Å². The molecule has 0 spiro atoms. The lowest BCUT2D eigenvalue weighted by Gasteiger charge is -2.42. The molecular formula is C21H30N2O2. The SMILES string of the molecule is COCc1ccc(C2CC3CCC(C2)N3C(=O)N2CCCCC2)cc1. The van der Waals surface area contributed by atoms with Crippen LogP contribution in [0.2, 0.25) is 0 Å². The zero-order valence-corrected chi connectivity index (χ0v) is 15.3. The van der Waals surface area contributed by atoms with Crippen molar-refractivity contribution in [3.8, 4) is 0 Å². The van der Waals surface area contributed by atoms with Gasteiger partial charge in [-0.25, -0.2) is 4.79 Å². The van der Waals surface area contributed by atoms with Gasteiger partial charge >= 0.3 is 6.03 Å². The predicted molar refractivity (Wildman–Crippen MR) is 98.6 cm³/mol. The number of methoxy groups -OCH3 is 1. The molecule has 0 aromatic heterocycles. The molecule has 3 fully saturated rings.